The molecule has 0 spiro atoms. The van der Waals surface area contributed by atoms with Gasteiger partial charge in [-0.1, -0.05) is 0 Å². The average Bonchev–Trinajstić information content (AvgIpc) is 2.16. The molecule has 1 amide bonds. The third-order valence-corrected chi connectivity index (χ3v) is 2.03. The Kier molecular flexibility index (Phi) is 2.84. The van der Waals surface area contributed by atoms with Crippen LogP contribution in [0, 0.1) is 27.2 Å². The van der Waals surface area contributed by atoms with E-state index in [0.717, 1.165) is 12.1 Å². The molecule has 0 aliphatic carbocycles. The van der Waals surface area contributed by atoms with Crippen LogP contribution in [0.25, 0.3) is 0 Å². The summed E-state index contributed by atoms with van der Waals surface area (Å²) in [6, 6.07) is 1.84. The Morgan fingerprint density at radius 3 is 1.81 bits per heavy atom. The minimum Gasteiger partial charge on any atom is -0.366 e. The van der Waals surface area contributed by atoms with E-state index >= 15 is 0 Å². The number of nitro benzene ring substituents is 2. The third kappa shape index (κ3) is 1.95. The van der Waals surface area contributed by atoms with E-state index in [9.17, 15) is 25.0 Å². The Bertz CT molecular complexity index is 461. The van der Waals surface area contributed by atoms with Gasteiger partial charge in [0.25, 0.3) is 11.4 Å². The summed E-state index contributed by atoms with van der Waals surface area (Å²) in [7, 11) is 0. The van der Waals surface area contributed by atoms with E-state index in [-0.39, 0.29) is 11.1 Å². The van der Waals surface area contributed by atoms with Crippen molar-refractivity contribution in [1.82, 2.24) is 0 Å². The van der Waals surface area contributed by atoms with Crippen molar-refractivity contribution in [2.45, 2.75) is 6.92 Å². The van der Waals surface area contributed by atoms with Crippen LogP contribution in [0.3, 0.4) is 0 Å². The number of carbonyl (C=O) groups is 1. The van der Waals surface area contributed by atoms with Crippen LogP contribution in [-0.2, 0) is 0 Å². The summed E-state index contributed by atoms with van der Waals surface area (Å²) in [6.07, 6.45) is 0. The zero-order valence-corrected chi connectivity index (χ0v) is 8.17. The van der Waals surface area contributed by atoms with Gasteiger partial charge in [0.1, 0.15) is 5.56 Å². The Morgan fingerprint density at radius 1 is 1.19 bits per heavy atom. The highest BCUT2D eigenvalue weighted by Crippen LogP contribution is 2.28. The summed E-state index contributed by atoms with van der Waals surface area (Å²) >= 11 is 0. The van der Waals surface area contributed by atoms with Crippen LogP contribution in [0.1, 0.15) is 15.9 Å². The minimum absolute atomic E-state index is 0.111. The van der Waals surface area contributed by atoms with Gasteiger partial charge in [-0.3, -0.25) is 25.0 Å². The van der Waals surface area contributed by atoms with Crippen molar-refractivity contribution in [3.63, 3.8) is 0 Å². The lowest BCUT2D eigenvalue weighted by Gasteiger charge is -2.01. The zero-order chi connectivity index (χ0) is 12.5. The van der Waals surface area contributed by atoms with Gasteiger partial charge in [-0.2, -0.15) is 0 Å². The van der Waals surface area contributed by atoms with Crippen LogP contribution in [-0.4, -0.2) is 15.8 Å². The second kappa shape index (κ2) is 3.93. The highest BCUT2D eigenvalue weighted by atomic mass is 16.6. The molecular weight excluding hydrogens is 219 g/mol. The normalized spacial score (nSPS) is 9.81. The molecule has 0 aliphatic rings. The lowest BCUT2D eigenvalue weighted by molar-refractivity contribution is -0.395. The van der Waals surface area contributed by atoms with Crippen LogP contribution >= 0.6 is 0 Å². The standard InChI is InChI=1S/C8H7N3O5/c1-4-6(10(13)14)2-5(8(9)12)3-7(4)11(15)16/h2-3H,1H3,(H2,9,12)/i9+1. The number of hydrogen-bond donors (Lipinski definition) is 1. The number of primary amides is 1. The lowest BCUT2D eigenvalue weighted by Crippen LogP contribution is -2.12. The Balaban J connectivity index is 3.57. The summed E-state index contributed by atoms with van der Waals surface area (Å²) < 4.78 is 0. The molecule has 0 radical (unpaired) electrons. The minimum atomic E-state index is -0.953. The van der Waals surface area contributed by atoms with Gasteiger partial charge in [-0.15, -0.1) is 0 Å². The van der Waals surface area contributed by atoms with Gasteiger partial charge in [0, 0.05) is 12.1 Å². The number of nitro groups is 2. The lowest BCUT2D eigenvalue weighted by atomic mass is 10.1. The second-order valence-electron chi connectivity index (χ2n) is 3.02. The Hall–Kier alpha value is -2.51. The highest BCUT2D eigenvalue weighted by molar-refractivity contribution is 5.94. The fraction of sp³-hybridized carbons (Fsp3) is 0.125. The van der Waals surface area contributed by atoms with Gasteiger partial charge in [0.15, 0.2) is 0 Å². The molecule has 0 atom stereocenters. The number of carbonyl (C=O) groups excluding carboxylic acids is 1. The van der Waals surface area contributed by atoms with Crippen LogP contribution in [0.5, 0.6) is 0 Å². The maximum atomic E-state index is 10.8. The summed E-state index contributed by atoms with van der Waals surface area (Å²) in [5, 5.41) is 21.2. The molecule has 8 heteroatoms. The molecule has 0 saturated heterocycles. The maximum absolute atomic E-state index is 10.8. The number of rotatable bonds is 3. The van der Waals surface area contributed by atoms with Crippen molar-refractivity contribution in [3.8, 4) is 0 Å². The third-order valence-electron chi connectivity index (χ3n) is 2.03. The van der Waals surface area contributed by atoms with Gasteiger partial charge in [0.2, 0.25) is 5.91 Å². The first-order valence-corrected chi connectivity index (χ1v) is 4.08. The molecule has 84 valence electrons. The number of hydrogen-bond acceptors (Lipinski definition) is 5. The van der Waals surface area contributed by atoms with Crippen LogP contribution in [0.4, 0.5) is 11.4 Å². The molecule has 0 aromatic heterocycles. The largest absolute Gasteiger partial charge is 0.366 e. The number of benzene rings is 1. The molecule has 0 aliphatic heterocycles. The van der Waals surface area contributed by atoms with Gasteiger partial charge in [-0.05, 0) is 6.92 Å². The van der Waals surface area contributed by atoms with E-state index in [1.165, 1.54) is 6.92 Å². The summed E-state index contributed by atoms with van der Waals surface area (Å²) in [5.41, 5.74) is 3.55. The van der Waals surface area contributed by atoms with E-state index in [1.54, 1.807) is 0 Å². The first-order chi connectivity index (χ1) is 7.34. The van der Waals surface area contributed by atoms with Crippen LogP contribution < -0.4 is 5.73 Å². The Morgan fingerprint density at radius 2 is 1.56 bits per heavy atom. The van der Waals surface area contributed by atoms with E-state index in [0.29, 0.717) is 0 Å². The van der Waals surface area contributed by atoms with Crippen molar-refractivity contribution in [1.29, 1.82) is 0 Å². The molecule has 1 rings (SSSR count). The first-order valence-electron chi connectivity index (χ1n) is 4.08. The monoisotopic (exact) mass is 226 g/mol. The fourth-order valence-corrected chi connectivity index (χ4v) is 1.21. The van der Waals surface area contributed by atoms with Gasteiger partial charge in [0.05, 0.1) is 15.4 Å². The summed E-state index contributed by atoms with van der Waals surface area (Å²) in [5.74, 6) is -0.953. The predicted octanol–water partition coefficient (Wildman–Crippen LogP) is 0.910. The van der Waals surface area contributed by atoms with Crippen molar-refractivity contribution < 1.29 is 14.6 Å². The smallest absolute Gasteiger partial charge is 0.279 e. The summed E-state index contributed by atoms with van der Waals surface area (Å²) in [4.78, 5) is 30.4. The quantitative estimate of drug-likeness (QED) is 0.465. The fourth-order valence-electron chi connectivity index (χ4n) is 1.21. The molecule has 2 N–H and O–H groups in total. The van der Waals surface area contributed by atoms with Gasteiger partial charge >= 0.3 is 0 Å². The van der Waals surface area contributed by atoms with Gasteiger partial charge < -0.3 is 5.73 Å². The van der Waals surface area contributed by atoms with E-state index < -0.39 is 27.1 Å². The van der Waals surface area contributed by atoms with Crippen LogP contribution in [0.2, 0.25) is 0 Å². The van der Waals surface area contributed by atoms with E-state index in [2.05, 4.69) is 0 Å². The molecule has 0 saturated carbocycles. The molecule has 0 bridgehead atoms. The molecular formula is C8H7N3O5. The summed E-state index contributed by atoms with van der Waals surface area (Å²) in [6.45, 7) is 1.24. The zero-order valence-electron chi connectivity index (χ0n) is 8.17. The molecule has 1 aromatic rings. The van der Waals surface area contributed by atoms with Crippen LogP contribution in [0.15, 0.2) is 12.1 Å². The average molecular weight is 226 g/mol. The number of nitrogens with zero attached hydrogens (tertiary/aromatic N) is 2. The highest BCUT2D eigenvalue weighted by Gasteiger charge is 2.24. The molecule has 8 nitrogen and oxygen atoms in total. The molecule has 16 heavy (non-hydrogen) atoms. The van der Waals surface area contributed by atoms with Crippen molar-refractivity contribution in [3.05, 3.63) is 43.5 Å². The number of amides is 1. The van der Waals surface area contributed by atoms with Crippen molar-refractivity contribution in [2.24, 2.45) is 5.73 Å². The van der Waals surface area contributed by atoms with Crippen molar-refractivity contribution >= 4 is 17.3 Å². The van der Waals surface area contributed by atoms with E-state index in [1.807, 2.05) is 0 Å². The predicted molar refractivity (Wildman–Crippen MR) is 53.0 cm³/mol. The maximum Gasteiger partial charge on any atom is 0.279 e. The Labute approximate surface area is 89.0 Å². The van der Waals surface area contributed by atoms with Gasteiger partial charge in [-0.25, -0.2) is 0 Å². The van der Waals surface area contributed by atoms with Crippen molar-refractivity contribution in [2.75, 3.05) is 0 Å². The first kappa shape index (κ1) is 11.6. The topological polar surface area (TPSA) is 129 Å². The van der Waals surface area contributed by atoms with E-state index in [4.69, 9.17) is 5.73 Å². The number of nitrogens with two attached hydrogens (primary N) is 1. The molecule has 0 unspecified atom stereocenters. The molecule has 1 aromatic carbocycles. The SMILES string of the molecule is Cc1c([N+](=O)[O-])cc(C([15NH2])=O)cc1[N+](=O)[O-]. The molecule has 0 heterocycles. The second-order valence-corrected chi connectivity index (χ2v) is 3.02. The molecule has 0 fully saturated rings.